The number of hydrogen-bond donors (Lipinski definition) is 4. The highest BCUT2D eigenvalue weighted by atomic mass is 32.2. The third kappa shape index (κ3) is 6.97. The maximum Gasteiger partial charge on any atom is 0.295 e. The maximum absolute atomic E-state index is 12.7. The maximum atomic E-state index is 12.7. The van der Waals surface area contributed by atoms with E-state index in [0.717, 1.165) is 23.0 Å². The largest absolute Gasteiger partial charge is 0.497 e. The van der Waals surface area contributed by atoms with Crippen molar-refractivity contribution in [1.82, 2.24) is 15.0 Å². The predicted octanol–water partition coefficient (Wildman–Crippen LogP) is 4.75. The Kier molecular flexibility index (Phi) is 8.76. The fourth-order valence-corrected chi connectivity index (χ4v) is 7.28. The molecule has 0 radical (unpaired) electrons. The normalized spacial score (nSPS) is 12.5. The summed E-state index contributed by atoms with van der Waals surface area (Å²) in [6.07, 6.45) is 2.37. The van der Waals surface area contributed by atoms with Crippen molar-refractivity contribution in [2.75, 3.05) is 12.4 Å². The van der Waals surface area contributed by atoms with Crippen LogP contribution in [0.5, 0.6) is 5.75 Å². The molecule has 256 valence electrons. The summed E-state index contributed by atoms with van der Waals surface area (Å²) in [5.41, 5.74) is 0.459. The Hall–Kier alpha value is -5.50. The standard InChI is InChI=1S/C32H24N4O11S3/c1-47-24-14-10-21(11-15-24)32(37)33-22-12-8-19(28(16-22)48(38,39)40)6-7-20-9-13-23(17-29(20)49(41,42)43)36-34-27-18-30(50(44,45)46)25-4-2-3-5-26(25)31(27)35-36/h2-18H,1H3,(H,33,37)(H,38,39,40)(H,41,42,43)(H,44,45,46)/b7-6+. The van der Waals surface area contributed by atoms with E-state index < -0.39 is 50.9 Å². The van der Waals surface area contributed by atoms with Gasteiger partial charge in [-0.3, -0.25) is 18.5 Å². The smallest absolute Gasteiger partial charge is 0.295 e. The molecule has 0 aliphatic heterocycles. The van der Waals surface area contributed by atoms with E-state index in [1.807, 2.05) is 0 Å². The average Bonchev–Trinajstić information content (AvgIpc) is 3.51. The van der Waals surface area contributed by atoms with Gasteiger partial charge in [0.2, 0.25) is 0 Å². The third-order valence-corrected chi connectivity index (χ3v) is 10.2. The second-order valence-electron chi connectivity index (χ2n) is 10.7. The summed E-state index contributed by atoms with van der Waals surface area (Å²) >= 11 is 0. The Morgan fingerprint density at radius 1 is 0.700 bits per heavy atom. The molecule has 6 rings (SSSR count). The molecule has 1 heterocycles. The number of carbonyl (C=O) groups excluding carboxylic acids is 1. The van der Waals surface area contributed by atoms with Crippen LogP contribution in [-0.4, -0.2) is 66.9 Å². The van der Waals surface area contributed by atoms with Crippen molar-refractivity contribution >= 4 is 75.9 Å². The van der Waals surface area contributed by atoms with Gasteiger partial charge in [0.15, 0.2) is 0 Å². The number of methoxy groups -OCH3 is 1. The van der Waals surface area contributed by atoms with Gasteiger partial charge in [0.1, 0.15) is 31.5 Å². The first-order valence-corrected chi connectivity index (χ1v) is 18.5. The monoisotopic (exact) mass is 736 g/mol. The number of carbonyl (C=O) groups is 1. The van der Waals surface area contributed by atoms with Crippen LogP contribution >= 0.6 is 0 Å². The van der Waals surface area contributed by atoms with Crippen molar-refractivity contribution in [3.8, 4) is 11.4 Å². The van der Waals surface area contributed by atoms with Crippen LogP contribution in [0.15, 0.2) is 106 Å². The second kappa shape index (κ2) is 12.8. The zero-order chi connectivity index (χ0) is 36.0. The Bertz CT molecular complexity index is 2710. The summed E-state index contributed by atoms with van der Waals surface area (Å²) in [6.45, 7) is 0. The van der Waals surface area contributed by atoms with Gasteiger partial charge in [0.25, 0.3) is 36.3 Å². The highest BCUT2D eigenvalue weighted by Crippen LogP contribution is 2.31. The summed E-state index contributed by atoms with van der Waals surface area (Å²) in [4.78, 5) is 12.1. The zero-order valence-electron chi connectivity index (χ0n) is 25.5. The van der Waals surface area contributed by atoms with Gasteiger partial charge in [-0.05, 0) is 65.7 Å². The first kappa shape index (κ1) is 34.4. The van der Waals surface area contributed by atoms with Crippen LogP contribution in [0.25, 0.3) is 39.6 Å². The van der Waals surface area contributed by atoms with E-state index in [1.54, 1.807) is 30.3 Å². The molecule has 0 spiro atoms. The van der Waals surface area contributed by atoms with Gasteiger partial charge in [-0.2, -0.15) is 30.0 Å². The number of ether oxygens (including phenoxy) is 1. The van der Waals surface area contributed by atoms with Crippen LogP contribution in [0.3, 0.4) is 0 Å². The van der Waals surface area contributed by atoms with Crippen molar-refractivity contribution in [3.05, 3.63) is 108 Å². The average molecular weight is 737 g/mol. The molecular weight excluding hydrogens is 713 g/mol. The first-order chi connectivity index (χ1) is 23.5. The van der Waals surface area contributed by atoms with Crippen LogP contribution < -0.4 is 10.1 Å². The fourth-order valence-electron chi connectivity index (χ4n) is 5.15. The molecule has 0 unspecified atom stereocenters. The van der Waals surface area contributed by atoms with Crippen LogP contribution in [0, 0.1) is 0 Å². The van der Waals surface area contributed by atoms with Crippen molar-refractivity contribution in [2.45, 2.75) is 14.7 Å². The van der Waals surface area contributed by atoms with E-state index in [1.165, 1.54) is 61.7 Å². The lowest BCUT2D eigenvalue weighted by molar-refractivity contribution is 0.102. The predicted molar refractivity (Wildman–Crippen MR) is 182 cm³/mol. The summed E-state index contributed by atoms with van der Waals surface area (Å²) in [5.74, 6) is -0.0444. The molecule has 18 heteroatoms. The van der Waals surface area contributed by atoms with E-state index >= 15 is 0 Å². The molecule has 0 bridgehead atoms. The molecule has 1 amide bonds. The minimum Gasteiger partial charge on any atom is -0.497 e. The quantitative estimate of drug-likeness (QED) is 0.116. The summed E-state index contributed by atoms with van der Waals surface area (Å²) < 4.78 is 109. The van der Waals surface area contributed by atoms with E-state index in [2.05, 4.69) is 15.5 Å². The van der Waals surface area contributed by atoms with E-state index in [-0.39, 0.29) is 44.5 Å². The number of rotatable bonds is 9. The van der Waals surface area contributed by atoms with Gasteiger partial charge >= 0.3 is 0 Å². The van der Waals surface area contributed by atoms with Crippen LogP contribution in [-0.2, 0) is 30.4 Å². The Balaban J connectivity index is 1.36. The molecule has 6 aromatic rings. The molecule has 0 saturated carbocycles. The number of fused-ring (bicyclic) bond motifs is 3. The first-order valence-electron chi connectivity index (χ1n) is 14.2. The lowest BCUT2D eigenvalue weighted by atomic mass is 10.1. The van der Waals surface area contributed by atoms with E-state index in [4.69, 9.17) is 4.74 Å². The molecule has 0 fully saturated rings. The van der Waals surface area contributed by atoms with Crippen LogP contribution in [0.1, 0.15) is 21.5 Å². The molecule has 0 saturated heterocycles. The van der Waals surface area contributed by atoms with Crippen molar-refractivity contribution < 1.29 is 48.4 Å². The minimum atomic E-state index is -4.90. The van der Waals surface area contributed by atoms with Crippen LogP contribution in [0.4, 0.5) is 5.69 Å². The number of nitrogens with zero attached hydrogens (tertiary/aromatic N) is 3. The molecular formula is C32H24N4O11S3. The van der Waals surface area contributed by atoms with Gasteiger partial charge in [-0.1, -0.05) is 48.6 Å². The molecule has 15 nitrogen and oxygen atoms in total. The minimum absolute atomic E-state index is 0.0363. The zero-order valence-corrected chi connectivity index (χ0v) is 27.9. The van der Waals surface area contributed by atoms with Crippen molar-refractivity contribution in [1.29, 1.82) is 0 Å². The molecule has 0 aliphatic carbocycles. The van der Waals surface area contributed by atoms with Gasteiger partial charge in [0.05, 0.1) is 12.8 Å². The second-order valence-corrected chi connectivity index (χ2v) is 14.9. The molecule has 0 atom stereocenters. The molecule has 50 heavy (non-hydrogen) atoms. The van der Waals surface area contributed by atoms with Crippen molar-refractivity contribution in [2.24, 2.45) is 0 Å². The van der Waals surface area contributed by atoms with Crippen molar-refractivity contribution in [3.63, 3.8) is 0 Å². The number of amides is 1. The summed E-state index contributed by atoms with van der Waals surface area (Å²) in [7, 11) is -12.9. The molecule has 5 aromatic carbocycles. The molecule has 0 aliphatic rings. The lowest BCUT2D eigenvalue weighted by Crippen LogP contribution is -2.12. The number of aromatic nitrogens is 3. The Morgan fingerprint density at radius 2 is 1.28 bits per heavy atom. The SMILES string of the molecule is COc1ccc(C(=O)Nc2ccc(/C=C/c3ccc(-n4nc5cc(S(=O)(=O)O)c6ccccc6c5n4)cc3S(=O)(=O)O)c(S(=O)(=O)O)c2)cc1. The van der Waals surface area contributed by atoms with Crippen LogP contribution in [0.2, 0.25) is 0 Å². The van der Waals surface area contributed by atoms with Gasteiger partial charge in [0, 0.05) is 22.0 Å². The summed E-state index contributed by atoms with van der Waals surface area (Å²) in [5, 5.41) is 11.7. The van der Waals surface area contributed by atoms with Gasteiger partial charge in [-0.25, -0.2) is 0 Å². The molecule has 4 N–H and O–H groups in total. The van der Waals surface area contributed by atoms with E-state index in [0.29, 0.717) is 11.1 Å². The molecule has 1 aromatic heterocycles. The summed E-state index contributed by atoms with van der Waals surface area (Å²) in [6, 6.07) is 20.9. The Labute approximate surface area is 284 Å². The number of hydrogen-bond acceptors (Lipinski definition) is 10. The Morgan fingerprint density at radius 3 is 1.88 bits per heavy atom. The van der Waals surface area contributed by atoms with Gasteiger partial charge < -0.3 is 10.1 Å². The number of nitrogens with one attached hydrogen (secondary N) is 1. The highest BCUT2D eigenvalue weighted by Gasteiger charge is 2.22. The van der Waals surface area contributed by atoms with E-state index in [9.17, 15) is 43.7 Å². The highest BCUT2D eigenvalue weighted by molar-refractivity contribution is 7.86. The van der Waals surface area contributed by atoms with Gasteiger partial charge in [-0.15, -0.1) is 10.2 Å². The fraction of sp³-hybridized carbons (Fsp3) is 0.0312. The number of benzene rings is 5. The third-order valence-electron chi connectivity index (χ3n) is 7.48. The topological polar surface area (TPSA) is 232 Å². The lowest BCUT2D eigenvalue weighted by Gasteiger charge is -2.10. The number of anilines is 1.